The second-order valence-electron chi connectivity index (χ2n) is 18.6. The Labute approximate surface area is 409 Å². The van der Waals surface area contributed by atoms with E-state index in [1.54, 1.807) is 0 Å². The Morgan fingerprint density at radius 1 is 0.735 bits per heavy atom. The molecule has 68 heavy (non-hydrogen) atoms. The Hall–Kier alpha value is -1.15. The third-order valence-corrected chi connectivity index (χ3v) is 15.2. The van der Waals surface area contributed by atoms with Gasteiger partial charge in [-0.15, -0.1) is 0 Å². The first-order valence-electron chi connectivity index (χ1n) is 26.3. The van der Waals surface area contributed by atoms with Gasteiger partial charge in [-0.25, -0.2) is 0 Å². The average molecular weight is 1020 g/mol. The summed E-state index contributed by atoms with van der Waals surface area (Å²) in [6.07, 6.45) is 30.3. The molecule has 2 heterocycles. The minimum atomic E-state index is -5.45. The number of nitrogens with two attached hydrogens (primary N) is 1. The predicted molar refractivity (Wildman–Crippen MR) is 266 cm³/mol. The van der Waals surface area contributed by atoms with Crippen molar-refractivity contribution in [3.05, 3.63) is 24.4 Å². The predicted octanol–water partition coefficient (Wildman–Crippen LogP) is 9.14. The number of nitrogens with zero attached hydrogens (tertiary/aromatic N) is 1. The minimum absolute atomic E-state index is 0.282. The van der Waals surface area contributed by atoms with E-state index in [0.29, 0.717) is 12.8 Å². The fraction of sp³-hybridized carbons (Fsp3) is 0.896. The fourth-order valence-electron chi connectivity index (χ4n) is 8.19. The van der Waals surface area contributed by atoms with Gasteiger partial charge in [0.2, 0.25) is 0 Å². The zero-order valence-electron chi connectivity index (χ0n) is 41.6. The molecule has 2 aliphatic rings. The van der Waals surface area contributed by atoms with Crippen LogP contribution in [0.1, 0.15) is 206 Å². The van der Waals surface area contributed by atoms with Crippen molar-refractivity contribution < 1.29 is 72.0 Å². The molecule has 0 aromatic carbocycles. The average Bonchev–Trinajstić information content (AvgIpc) is 3.57. The second-order valence-corrected chi connectivity index (χ2v) is 21.9. The molecule has 2 aliphatic heterocycles. The molecular weight excluding hydrogens is 920 g/mol. The number of nitrogens with one attached hydrogen (secondary N) is 1. The molecule has 9 atom stereocenters. The summed E-state index contributed by atoms with van der Waals surface area (Å²) >= 11 is 0. The van der Waals surface area contributed by atoms with Crippen molar-refractivity contribution in [1.29, 1.82) is 0 Å². The van der Waals surface area contributed by atoms with Gasteiger partial charge in [-0.2, -0.15) is 0 Å². The number of unbranched alkanes of at least 4 members (excludes halogenated alkanes) is 25. The summed E-state index contributed by atoms with van der Waals surface area (Å²) in [5.41, 5.74) is 5.65. The van der Waals surface area contributed by atoms with Crippen molar-refractivity contribution in [3.8, 4) is 0 Å². The molecular formula is C48H95N3O15P2. The van der Waals surface area contributed by atoms with E-state index >= 15 is 0 Å². The SMILES string of the molecule is CCCCCCCC/C=C\CCCCCCCC(O)OC(COC(O)CCCCCCCCCCCCCCCCC)CO[PH](O)(O)OP(=O)(O)OC[C@H]1O[C@@H](N2C=CC(N)NC2=O)C(O)[C@H]1O. The van der Waals surface area contributed by atoms with E-state index in [-0.39, 0.29) is 13.0 Å². The number of carbonyl (C=O) groups excluding carboxylic acids is 1. The normalized spacial score (nSPS) is 22.5. The van der Waals surface area contributed by atoms with Crippen LogP contribution in [0.4, 0.5) is 4.79 Å². The molecule has 0 aromatic rings. The number of amides is 2. The number of aliphatic hydroxyl groups is 4. The number of phosphoric ester groups is 1. The van der Waals surface area contributed by atoms with Crippen LogP contribution in [0.2, 0.25) is 0 Å². The molecule has 0 aromatic heterocycles. The maximum absolute atomic E-state index is 12.8. The zero-order chi connectivity index (χ0) is 49.9. The molecule has 0 saturated carbocycles. The van der Waals surface area contributed by atoms with E-state index in [2.05, 4.69) is 35.6 Å². The van der Waals surface area contributed by atoms with Gasteiger partial charge in [0.25, 0.3) is 0 Å². The number of urea groups is 1. The molecule has 0 aliphatic carbocycles. The van der Waals surface area contributed by atoms with Gasteiger partial charge in [0.1, 0.15) is 0 Å². The maximum atomic E-state index is 12.8. The van der Waals surface area contributed by atoms with Gasteiger partial charge >= 0.3 is 275 Å². The Bertz CT molecular complexity index is 1370. The summed E-state index contributed by atoms with van der Waals surface area (Å²) in [6, 6.07) is -0.722. The molecule has 0 spiro atoms. The number of aliphatic hydroxyl groups excluding tert-OH is 4. The summed E-state index contributed by atoms with van der Waals surface area (Å²) in [5, 5.41) is 44.7. The number of phosphoric acid groups is 1. The first-order chi connectivity index (χ1) is 32.7. The molecule has 1 saturated heterocycles. The van der Waals surface area contributed by atoms with Crippen LogP contribution in [-0.2, 0) is 32.1 Å². The van der Waals surface area contributed by atoms with E-state index in [0.717, 1.165) is 69.1 Å². The van der Waals surface area contributed by atoms with Crippen LogP contribution >= 0.6 is 16.0 Å². The summed E-state index contributed by atoms with van der Waals surface area (Å²) in [4.78, 5) is 44.7. The summed E-state index contributed by atoms with van der Waals surface area (Å²) in [6.45, 7) is 2.63. The summed E-state index contributed by atoms with van der Waals surface area (Å²) in [5.74, 6) is 0. The van der Waals surface area contributed by atoms with Crippen LogP contribution in [0.25, 0.3) is 0 Å². The Morgan fingerprint density at radius 3 is 1.71 bits per heavy atom. The van der Waals surface area contributed by atoms with Gasteiger partial charge in [0.05, 0.1) is 0 Å². The van der Waals surface area contributed by atoms with Gasteiger partial charge in [0.15, 0.2) is 0 Å². The van der Waals surface area contributed by atoms with Crippen molar-refractivity contribution in [3.63, 3.8) is 0 Å². The number of ether oxygens (including phenoxy) is 3. The van der Waals surface area contributed by atoms with Crippen LogP contribution in [0, 0.1) is 0 Å². The number of rotatable bonds is 45. The second kappa shape index (κ2) is 38.5. The molecule has 6 unspecified atom stereocenters. The van der Waals surface area contributed by atoms with E-state index in [9.17, 15) is 44.5 Å². The van der Waals surface area contributed by atoms with Crippen molar-refractivity contribution in [2.45, 2.75) is 256 Å². The van der Waals surface area contributed by atoms with Gasteiger partial charge in [0, 0.05) is 0 Å². The van der Waals surface area contributed by atoms with Crippen LogP contribution < -0.4 is 11.1 Å². The fourth-order valence-corrected chi connectivity index (χ4v) is 10.5. The van der Waals surface area contributed by atoms with Crippen LogP contribution in [-0.4, -0.2) is 115 Å². The molecule has 2 amide bonds. The number of hydrogen-bond donors (Lipinski definition) is 9. The van der Waals surface area contributed by atoms with Crippen molar-refractivity contribution in [1.82, 2.24) is 10.2 Å². The molecule has 2 rings (SSSR count). The number of hydrogen-bond acceptors (Lipinski definition) is 15. The number of allylic oxidation sites excluding steroid dienone is 2. The van der Waals surface area contributed by atoms with Crippen molar-refractivity contribution >= 4 is 22.0 Å². The van der Waals surface area contributed by atoms with E-state index in [4.69, 9.17) is 29.0 Å². The summed E-state index contributed by atoms with van der Waals surface area (Å²) in [7, 11) is -10.8. The third kappa shape index (κ3) is 30.7. The molecule has 10 N–H and O–H groups in total. The molecule has 18 nitrogen and oxygen atoms in total. The zero-order valence-corrected chi connectivity index (χ0v) is 43.5. The van der Waals surface area contributed by atoms with Gasteiger partial charge in [-0.1, -0.05) is 122 Å². The van der Waals surface area contributed by atoms with E-state index in [1.807, 2.05) is 0 Å². The number of carbonyl (C=O) groups is 1. The van der Waals surface area contributed by atoms with Crippen molar-refractivity contribution in [2.75, 3.05) is 19.8 Å². The first-order valence-corrected chi connectivity index (χ1v) is 29.5. The van der Waals surface area contributed by atoms with Gasteiger partial charge in [-0.05, 0) is 12.8 Å². The summed E-state index contributed by atoms with van der Waals surface area (Å²) < 4.78 is 44.3. The van der Waals surface area contributed by atoms with Crippen LogP contribution in [0.3, 0.4) is 0 Å². The van der Waals surface area contributed by atoms with Gasteiger partial charge < -0.3 is 0 Å². The van der Waals surface area contributed by atoms with E-state index < -0.39 is 84.6 Å². The first kappa shape index (κ1) is 63.0. The Kier molecular flexibility index (Phi) is 35.6. The third-order valence-electron chi connectivity index (χ3n) is 12.3. The van der Waals surface area contributed by atoms with Crippen LogP contribution in [0.5, 0.6) is 0 Å². The molecule has 402 valence electrons. The van der Waals surface area contributed by atoms with Crippen LogP contribution in [0.15, 0.2) is 24.4 Å². The quantitative estimate of drug-likeness (QED) is 0.0119. The standard InChI is InChI=1S/C48H95N3O15P2/c1-3-5-7-9-11-13-15-17-19-21-23-25-27-29-31-33-43(52)61-37-40(64-44(53)34-32-30-28-26-24-22-20-18-16-14-12-10-8-6-4-2)38-62-67(57,58)66-68(59,60)63-39-41-45(54)46(55)47(65-41)51-36-35-42(49)50-48(51)56/h18,20,35-36,40-47,52-55,57-58,67H,3-17,19,21-34,37-39,49H2,1-2H3,(H,50,56)(H,59,60)/b20-18-/t40?,41-,42?,43?,44?,45+,46?,47-/m1/s1. The molecule has 0 bridgehead atoms. The Morgan fingerprint density at radius 2 is 1.21 bits per heavy atom. The topological polar surface area (TPSA) is 272 Å². The van der Waals surface area contributed by atoms with Gasteiger partial charge in [-0.3, -0.25) is 0 Å². The van der Waals surface area contributed by atoms with E-state index in [1.165, 1.54) is 121 Å². The monoisotopic (exact) mass is 1020 g/mol. The molecule has 1 fully saturated rings. The van der Waals surface area contributed by atoms with Crippen molar-refractivity contribution in [2.24, 2.45) is 5.73 Å². The Balaban J connectivity index is 1.78. The molecule has 0 radical (unpaired) electrons. The molecule has 20 heteroatoms.